The molecule has 2 heterocycles. The molecule has 0 saturated carbocycles. The van der Waals surface area contributed by atoms with Crippen LogP contribution in [0.4, 0.5) is 5.69 Å². The molecule has 4 heteroatoms. The van der Waals surface area contributed by atoms with Crippen LogP contribution in [-0.2, 0) is 0 Å². The molecule has 0 bridgehead atoms. The van der Waals surface area contributed by atoms with Gasteiger partial charge in [0.15, 0.2) is 11.5 Å². The Kier molecular flexibility index (Phi) is 2.67. The number of para-hydroxylation sites is 2. The maximum absolute atomic E-state index is 12.7. The number of benzene rings is 2. The number of ketones is 1. The summed E-state index contributed by atoms with van der Waals surface area (Å²) in [4.78, 5) is 12.7. The molecule has 3 aromatic rings. The zero-order valence-corrected chi connectivity index (χ0v) is 11.3. The molecular formula is C17H13NO3. The second-order valence-electron chi connectivity index (χ2n) is 4.94. The molecule has 0 unspecified atom stereocenters. The normalized spacial score (nSPS) is 13.3. The minimum Gasteiger partial charge on any atom is -0.489 e. The monoisotopic (exact) mass is 279 g/mol. The summed E-state index contributed by atoms with van der Waals surface area (Å²) in [7, 11) is 0. The van der Waals surface area contributed by atoms with E-state index in [1.54, 1.807) is 12.1 Å². The Morgan fingerprint density at radius 3 is 2.90 bits per heavy atom. The van der Waals surface area contributed by atoms with Gasteiger partial charge in [0.05, 0.1) is 11.3 Å². The summed E-state index contributed by atoms with van der Waals surface area (Å²) in [5.74, 6) is 0.778. The van der Waals surface area contributed by atoms with Crippen molar-refractivity contribution in [1.82, 2.24) is 0 Å². The van der Waals surface area contributed by atoms with Crippen molar-refractivity contribution in [1.29, 1.82) is 0 Å². The lowest BCUT2D eigenvalue weighted by Crippen LogP contribution is -2.20. The molecule has 1 aliphatic rings. The first-order valence-electron chi connectivity index (χ1n) is 6.86. The standard InChI is InChI=1S/C17H13NO3/c19-16(15-10-11-4-1-2-7-14(11)21-15)12-5-3-6-13-17(12)20-9-8-18-13/h1-7,10,18H,8-9H2. The average molecular weight is 279 g/mol. The van der Waals surface area contributed by atoms with E-state index in [1.165, 1.54) is 0 Å². The van der Waals surface area contributed by atoms with E-state index in [0.717, 1.165) is 17.6 Å². The summed E-state index contributed by atoms with van der Waals surface area (Å²) in [6.07, 6.45) is 0. The molecule has 0 atom stereocenters. The smallest absolute Gasteiger partial charge is 0.232 e. The van der Waals surface area contributed by atoms with Gasteiger partial charge in [0.25, 0.3) is 0 Å². The van der Waals surface area contributed by atoms with Gasteiger partial charge in [-0.1, -0.05) is 24.3 Å². The van der Waals surface area contributed by atoms with E-state index in [-0.39, 0.29) is 5.78 Å². The highest BCUT2D eigenvalue weighted by Gasteiger charge is 2.22. The summed E-state index contributed by atoms with van der Waals surface area (Å²) >= 11 is 0. The molecule has 0 fully saturated rings. The van der Waals surface area contributed by atoms with E-state index in [0.29, 0.717) is 29.3 Å². The van der Waals surface area contributed by atoms with Crippen LogP contribution in [0.3, 0.4) is 0 Å². The molecule has 0 saturated heterocycles. The van der Waals surface area contributed by atoms with Gasteiger partial charge in [-0.3, -0.25) is 4.79 Å². The quantitative estimate of drug-likeness (QED) is 0.730. The molecule has 104 valence electrons. The number of hydrogen-bond acceptors (Lipinski definition) is 4. The van der Waals surface area contributed by atoms with Crippen molar-refractivity contribution in [3.8, 4) is 5.75 Å². The fourth-order valence-electron chi connectivity index (χ4n) is 2.58. The van der Waals surface area contributed by atoms with Gasteiger partial charge in [0, 0.05) is 11.9 Å². The van der Waals surface area contributed by atoms with Gasteiger partial charge in [0.1, 0.15) is 12.2 Å². The third-order valence-corrected chi connectivity index (χ3v) is 3.57. The van der Waals surface area contributed by atoms with Crippen molar-refractivity contribution in [3.63, 3.8) is 0 Å². The van der Waals surface area contributed by atoms with Crippen molar-refractivity contribution in [3.05, 3.63) is 59.9 Å². The average Bonchev–Trinajstić information content (AvgIpc) is 2.97. The number of fused-ring (bicyclic) bond motifs is 2. The lowest BCUT2D eigenvalue weighted by Gasteiger charge is -2.20. The predicted molar refractivity (Wildman–Crippen MR) is 80.1 cm³/mol. The number of carbonyl (C=O) groups excluding carboxylic acids is 1. The van der Waals surface area contributed by atoms with Crippen molar-refractivity contribution < 1.29 is 13.9 Å². The lowest BCUT2D eigenvalue weighted by molar-refractivity contribution is 0.101. The first-order valence-corrected chi connectivity index (χ1v) is 6.86. The number of carbonyl (C=O) groups is 1. The maximum Gasteiger partial charge on any atom is 0.232 e. The van der Waals surface area contributed by atoms with Crippen LogP contribution in [0.5, 0.6) is 5.75 Å². The fourth-order valence-corrected chi connectivity index (χ4v) is 2.58. The largest absolute Gasteiger partial charge is 0.489 e. The van der Waals surface area contributed by atoms with Gasteiger partial charge >= 0.3 is 0 Å². The Bertz CT molecular complexity index is 802. The van der Waals surface area contributed by atoms with E-state index in [2.05, 4.69) is 5.32 Å². The topological polar surface area (TPSA) is 51.5 Å². The van der Waals surface area contributed by atoms with Gasteiger partial charge < -0.3 is 14.5 Å². The van der Waals surface area contributed by atoms with E-state index < -0.39 is 0 Å². The van der Waals surface area contributed by atoms with Crippen molar-refractivity contribution in [2.24, 2.45) is 0 Å². The molecule has 0 spiro atoms. The number of ether oxygens (including phenoxy) is 1. The van der Waals surface area contributed by atoms with E-state index in [1.807, 2.05) is 36.4 Å². The van der Waals surface area contributed by atoms with Gasteiger partial charge in [0.2, 0.25) is 5.78 Å². The number of rotatable bonds is 2. The lowest BCUT2D eigenvalue weighted by atomic mass is 10.1. The molecule has 1 N–H and O–H groups in total. The third kappa shape index (κ3) is 1.96. The van der Waals surface area contributed by atoms with E-state index >= 15 is 0 Å². The SMILES string of the molecule is O=C(c1cc2ccccc2o1)c1cccc2c1OCCN2. The Morgan fingerprint density at radius 1 is 1.10 bits per heavy atom. The first kappa shape index (κ1) is 12.0. The summed E-state index contributed by atoms with van der Waals surface area (Å²) in [6, 6.07) is 14.9. The Labute approximate surface area is 121 Å². The van der Waals surface area contributed by atoms with Crippen LogP contribution in [0.15, 0.2) is 52.9 Å². The maximum atomic E-state index is 12.7. The molecule has 4 nitrogen and oxygen atoms in total. The number of hydrogen-bond donors (Lipinski definition) is 1. The van der Waals surface area contributed by atoms with Gasteiger partial charge in [-0.25, -0.2) is 0 Å². The molecule has 0 aliphatic carbocycles. The van der Waals surface area contributed by atoms with Crippen LogP contribution in [0.1, 0.15) is 16.1 Å². The molecule has 1 aliphatic heterocycles. The predicted octanol–water partition coefficient (Wildman–Crippen LogP) is 3.47. The van der Waals surface area contributed by atoms with Crippen molar-refractivity contribution in [2.75, 3.05) is 18.5 Å². The molecule has 1 aromatic heterocycles. The number of furan rings is 1. The fraction of sp³-hybridized carbons (Fsp3) is 0.118. The summed E-state index contributed by atoms with van der Waals surface area (Å²) in [5.41, 5.74) is 2.09. The highest BCUT2D eigenvalue weighted by Crippen LogP contribution is 2.33. The van der Waals surface area contributed by atoms with Gasteiger partial charge in [-0.05, 0) is 24.3 Å². The zero-order valence-electron chi connectivity index (χ0n) is 11.3. The van der Waals surface area contributed by atoms with Crippen LogP contribution in [-0.4, -0.2) is 18.9 Å². The van der Waals surface area contributed by atoms with Crippen LogP contribution in [0, 0.1) is 0 Å². The van der Waals surface area contributed by atoms with E-state index in [4.69, 9.17) is 9.15 Å². The minimum absolute atomic E-state index is 0.160. The molecular weight excluding hydrogens is 266 g/mol. The van der Waals surface area contributed by atoms with Crippen LogP contribution >= 0.6 is 0 Å². The van der Waals surface area contributed by atoms with Crippen LogP contribution < -0.4 is 10.1 Å². The molecule has 4 rings (SSSR count). The van der Waals surface area contributed by atoms with Crippen molar-refractivity contribution >= 4 is 22.4 Å². The molecule has 2 aromatic carbocycles. The van der Waals surface area contributed by atoms with Gasteiger partial charge in [-0.15, -0.1) is 0 Å². The number of anilines is 1. The summed E-state index contributed by atoms with van der Waals surface area (Å²) in [5, 5.41) is 4.15. The van der Waals surface area contributed by atoms with Crippen LogP contribution in [0.25, 0.3) is 11.0 Å². The molecule has 0 amide bonds. The summed E-state index contributed by atoms with van der Waals surface area (Å²) in [6.45, 7) is 1.30. The third-order valence-electron chi connectivity index (χ3n) is 3.57. The van der Waals surface area contributed by atoms with Gasteiger partial charge in [-0.2, -0.15) is 0 Å². The minimum atomic E-state index is -0.160. The summed E-state index contributed by atoms with van der Waals surface area (Å²) < 4.78 is 11.3. The highest BCUT2D eigenvalue weighted by atomic mass is 16.5. The zero-order chi connectivity index (χ0) is 14.2. The molecule has 21 heavy (non-hydrogen) atoms. The number of nitrogens with one attached hydrogen (secondary N) is 1. The Balaban J connectivity index is 1.81. The second-order valence-corrected chi connectivity index (χ2v) is 4.94. The first-order chi connectivity index (χ1) is 10.3. The second kappa shape index (κ2) is 4.66. The Hall–Kier alpha value is -2.75. The van der Waals surface area contributed by atoms with Crippen LogP contribution in [0.2, 0.25) is 0 Å². The highest BCUT2D eigenvalue weighted by molar-refractivity contribution is 6.11. The van der Waals surface area contributed by atoms with Crippen molar-refractivity contribution in [2.45, 2.75) is 0 Å². The Morgan fingerprint density at radius 2 is 2.00 bits per heavy atom. The van der Waals surface area contributed by atoms with E-state index in [9.17, 15) is 4.79 Å². The molecule has 0 radical (unpaired) electrons.